The Kier molecular flexibility index (Phi) is 4.97. The molecule has 3 aromatic rings. The van der Waals surface area contributed by atoms with Crippen molar-refractivity contribution in [3.8, 4) is 0 Å². The molecule has 1 aliphatic rings. The van der Waals surface area contributed by atoms with E-state index in [9.17, 15) is 4.79 Å². The lowest BCUT2D eigenvalue weighted by Crippen LogP contribution is -2.29. The third kappa shape index (κ3) is 3.75. The predicted molar refractivity (Wildman–Crippen MR) is 111 cm³/mol. The molecule has 1 saturated heterocycles. The van der Waals surface area contributed by atoms with Gasteiger partial charge in [0.2, 0.25) is 0 Å². The minimum atomic E-state index is -0.130. The van der Waals surface area contributed by atoms with Crippen LogP contribution in [-0.2, 0) is 4.79 Å². The molecule has 0 aliphatic carbocycles. The summed E-state index contributed by atoms with van der Waals surface area (Å²) in [6.07, 6.45) is 0.516. The third-order valence-corrected chi connectivity index (χ3v) is 4.98. The molecule has 1 atom stereocenters. The lowest BCUT2D eigenvalue weighted by atomic mass is 10.0. The smallest absolute Gasteiger partial charge is 0.273 e. The summed E-state index contributed by atoms with van der Waals surface area (Å²) in [5, 5.41) is 1.18. The Balaban J connectivity index is 1.78. The van der Waals surface area contributed by atoms with Gasteiger partial charge in [-0.3, -0.25) is 9.69 Å². The quantitative estimate of drug-likeness (QED) is 0.516. The molecule has 134 valence electrons. The van der Waals surface area contributed by atoms with E-state index in [0.717, 1.165) is 11.3 Å². The molecule has 0 spiro atoms. The number of rotatable bonds is 3. The first-order chi connectivity index (χ1) is 13.1. The molecule has 5 heteroatoms. The van der Waals surface area contributed by atoms with E-state index in [1.54, 1.807) is 29.2 Å². The van der Waals surface area contributed by atoms with Crippen LogP contribution in [0.25, 0.3) is 0 Å². The molecule has 27 heavy (non-hydrogen) atoms. The average molecular weight is 395 g/mol. The van der Waals surface area contributed by atoms with Gasteiger partial charge in [0, 0.05) is 22.2 Å². The first kappa shape index (κ1) is 17.8. The van der Waals surface area contributed by atoms with Crippen LogP contribution in [0.2, 0.25) is 10.0 Å². The molecule has 0 aromatic heterocycles. The van der Waals surface area contributed by atoms with Crippen molar-refractivity contribution >= 4 is 46.2 Å². The molecule has 3 nitrogen and oxygen atoms in total. The number of amides is 1. The molecule has 1 amide bonds. The zero-order chi connectivity index (χ0) is 18.8. The van der Waals surface area contributed by atoms with Crippen molar-refractivity contribution < 1.29 is 4.79 Å². The van der Waals surface area contributed by atoms with Gasteiger partial charge in [0.05, 0.1) is 11.7 Å². The highest BCUT2D eigenvalue weighted by Gasteiger charge is 2.38. The fraction of sp³-hybridized carbons (Fsp3) is 0.0909. The number of halogens is 2. The van der Waals surface area contributed by atoms with E-state index < -0.39 is 0 Å². The minimum absolute atomic E-state index is 0.119. The van der Waals surface area contributed by atoms with Crippen LogP contribution in [0.5, 0.6) is 0 Å². The first-order valence-electron chi connectivity index (χ1n) is 8.59. The molecule has 1 unspecified atom stereocenters. The second-order valence-corrected chi connectivity index (χ2v) is 7.20. The van der Waals surface area contributed by atoms with E-state index >= 15 is 0 Å². The van der Waals surface area contributed by atoms with Gasteiger partial charge >= 0.3 is 0 Å². The van der Waals surface area contributed by atoms with Gasteiger partial charge in [-0.2, -0.15) is 0 Å². The standard InChI is InChI=1S/C22H16Cl2N2O/c23-16-8-4-10-18(12-16)25-20-14-21(15-6-2-1-3-7-15)26(22(20)27)19-11-5-9-17(24)13-19/h1-13,21H,14H2. The van der Waals surface area contributed by atoms with Crippen molar-refractivity contribution in [3.63, 3.8) is 0 Å². The highest BCUT2D eigenvalue weighted by atomic mass is 35.5. The van der Waals surface area contributed by atoms with Gasteiger partial charge in [0.1, 0.15) is 5.71 Å². The van der Waals surface area contributed by atoms with Crippen molar-refractivity contribution in [1.29, 1.82) is 0 Å². The zero-order valence-electron chi connectivity index (χ0n) is 14.3. The number of carbonyl (C=O) groups excluding carboxylic acids is 1. The SMILES string of the molecule is O=C1C(=Nc2cccc(Cl)c2)CC(c2ccccc2)N1c1cccc(Cl)c1. The predicted octanol–water partition coefficient (Wildman–Crippen LogP) is 6.24. The fourth-order valence-electron chi connectivity index (χ4n) is 3.30. The van der Waals surface area contributed by atoms with Crippen LogP contribution < -0.4 is 4.90 Å². The van der Waals surface area contributed by atoms with Crippen molar-refractivity contribution in [3.05, 3.63) is 94.5 Å². The maximum Gasteiger partial charge on any atom is 0.273 e. The summed E-state index contributed by atoms with van der Waals surface area (Å²) >= 11 is 12.2. The number of hydrogen-bond donors (Lipinski definition) is 0. The molecule has 4 rings (SSSR count). The summed E-state index contributed by atoms with van der Waals surface area (Å²) < 4.78 is 0. The number of anilines is 1. The van der Waals surface area contributed by atoms with E-state index in [4.69, 9.17) is 23.2 Å². The van der Waals surface area contributed by atoms with Crippen LogP contribution in [0.4, 0.5) is 11.4 Å². The molecular weight excluding hydrogens is 379 g/mol. The summed E-state index contributed by atoms with van der Waals surface area (Å²) in [5.41, 5.74) is 3.00. The molecule has 0 saturated carbocycles. The Bertz CT molecular complexity index is 1020. The maximum atomic E-state index is 13.2. The summed E-state index contributed by atoms with van der Waals surface area (Å²) in [7, 11) is 0. The Morgan fingerprint density at radius 2 is 1.56 bits per heavy atom. The number of carbonyl (C=O) groups is 1. The summed E-state index contributed by atoms with van der Waals surface area (Å²) in [6.45, 7) is 0. The largest absolute Gasteiger partial charge is 0.299 e. The van der Waals surface area contributed by atoms with E-state index in [1.807, 2.05) is 54.6 Å². The molecule has 1 fully saturated rings. The molecule has 1 heterocycles. The monoisotopic (exact) mass is 394 g/mol. The highest BCUT2D eigenvalue weighted by Crippen LogP contribution is 2.37. The molecule has 3 aromatic carbocycles. The first-order valence-corrected chi connectivity index (χ1v) is 9.34. The highest BCUT2D eigenvalue weighted by molar-refractivity contribution is 6.47. The Labute approximate surface area is 167 Å². The minimum Gasteiger partial charge on any atom is -0.299 e. The van der Waals surface area contributed by atoms with Gasteiger partial charge in [0.15, 0.2) is 0 Å². The van der Waals surface area contributed by atoms with Crippen LogP contribution in [-0.4, -0.2) is 11.6 Å². The molecule has 0 bridgehead atoms. The second kappa shape index (κ2) is 7.55. The molecule has 0 N–H and O–H groups in total. The van der Waals surface area contributed by atoms with Crippen molar-refractivity contribution in [1.82, 2.24) is 0 Å². The zero-order valence-corrected chi connectivity index (χ0v) is 15.9. The average Bonchev–Trinajstić information content (AvgIpc) is 2.99. The van der Waals surface area contributed by atoms with Crippen molar-refractivity contribution in [2.75, 3.05) is 4.90 Å². The van der Waals surface area contributed by atoms with Gasteiger partial charge in [-0.25, -0.2) is 4.99 Å². The van der Waals surface area contributed by atoms with E-state index in [0.29, 0.717) is 27.9 Å². The van der Waals surface area contributed by atoms with Crippen LogP contribution in [0.1, 0.15) is 18.0 Å². The van der Waals surface area contributed by atoms with Gasteiger partial charge in [-0.15, -0.1) is 0 Å². The number of nitrogens with zero attached hydrogens (tertiary/aromatic N) is 2. The Morgan fingerprint density at radius 1 is 0.852 bits per heavy atom. The number of aliphatic imine (C=N–C) groups is 1. The third-order valence-electron chi connectivity index (χ3n) is 4.51. The second-order valence-electron chi connectivity index (χ2n) is 6.32. The van der Waals surface area contributed by atoms with Crippen molar-refractivity contribution in [2.24, 2.45) is 4.99 Å². The Hall–Kier alpha value is -2.62. The number of hydrogen-bond acceptors (Lipinski definition) is 2. The molecular formula is C22H16Cl2N2O. The maximum absolute atomic E-state index is 13.2. The lowest BCUT2D eigenvalue weighted by molar-refractivity contribution is -0.112. The summed E-state index contributed by atoms with van der Waals surface area (Å²) in [5.74, 6) is -0.119. The van der Waals surface area contributed by atoms with E-state index in [-0.39, 0.29) is 11.9 Å². The van der Waals surface area contributed by atoms with Gasteiger partial charge < -0.3 is 0 Å². The van der Waals surface area contributed by atoms with Crippen LogP contribution in [0.3, 0.4) is 0 Å². The van der Waals surface area contributed by atoms with Gasteiger partial charge in [-0.1, -0.05) is 65.7 Å². The van der Waals surface area contributed by atoms with Crippen LogP contribution in [0, 0.1) is 0 Å². The topological polar surface area (TPSA) is 32.7 Å². The fourth-order valence-corrected chi connectivity index (χ4v) is 3.67. The Morgan fingerprint density at radius 3 is 2.26 bits per heavy atom. The summed E-state index contributed by atoms with van der Waals surface area (Å²) in [6, 6.07) is 24.4. The number of benzene rings is 3. The summed E-state index contributed by atoms with van der Waals surface area (Å²) in [4.78, 5) is 19.6. The van der Waals surface area contributed by atoms with Gasteiger partial charge in [-0.05, 0) is 42.0 Å². The molecule has 1 aliphatic heterocycles. The van der Waals surface area contributed by atoms with Crippen molar-refractivity contribution in [2.45, 2.75) is 12.5 Å². The van der Waals surface area contributed by atoms with Gasteiger partial charge in [0.25, 0.3) is 5.91 Å². The van der Waals surface area contributed by atoms with E-state index in [2.05, 4.69) is 4.99 Å². The normalized spacial score (nSPS) is 18.3. The van der Waals surface area contributed by atoms with Crippen LogP contribution in [0.15, 0.2) is 83.9 Å². The molecule has 0 radical (unpaired) electrons. The lowest BCUT2D eigenvalue weighted by Gasteiger charge is -2.24. The van der Waals surface area contributed by atoms with Crippen LogP contribution >= 0.6 is 23.2 Å². The van der Waals surface area contributed by atoms with E-state index in [1.165, 1.54) is 0 Å².